The van der Waals surface area contributed by atoms with Crippen molar-refractivity contribution in [3.63, 3.8) is 0 Å². The highest BCUT2D eigenvalue weighted by Crippen LogP contribution is 2.19. The molecule has 1 aromatic rings. The summed E-state index contributed by atoms with van der Waals surface area (Å²) in [7, 11) is 0. The van der Waals surface area contributed by atoms with E-state index in [0.717, 1.165) is 30.7 Å². The summed E-state index contributed by atoms with van der Waals surface area (Å²) in [6.07, 6.45) is 6.81. The van der Waals surface area contributed by atoms with E-state index in [1.54, 1.807) is 0 Å². The number of anilines is 1. The van der Waals surface area contributed by atoms with Crippen molar-refractivity contribution < 1.29 is 5.21 Å². The number of hydrogen-bond donors (Lipinski definition) is 2. The summed E-state index contributed by atoms with van der Waals surface area (Å²) in [5.74, 6) is 0. The molecule has 1 atom stereocenters. The monoisotopic (exact) mass is 232 g/mol. The SMILES string of the molecule is O/N=C1/CCCCCC[C@H]1Nc1ccccc1. The Bertz CT molecular complexity index is 362. The number of benzene rings is 1. The van der Waals surface area contributed by atoms with E-state index in [2.05, 4.69) is 10.5 Å². The molecule has 0 unspecified atom stereocenters. The third-order valence-electron chi connectivity index (χ3n) is 3.32. The predicted molar refractivity (Wildman–Crippen MR) is 70.8 cm³/mol. The lowest BCUT2D eigenvalue weighted by atomic mass is 9.94. The van der Waals surface area contributed by atoms with Gasteiger partial charge in [-0.05, 0) is 31.4 Å². The Hall–Kier alpha value is -1.51. The van der Waals surface area contributed by atoms with Crippen LogP contribution in [-0.4, -0.2) is 17.0 Å². The highest BCUT2D eigenvalue weighted by atomic mass is 16.4. The van der Waals surface area contributed by atoms with Crippen LogP contribution in [0.4, 0.5) is 5.69 Å². The van der Waals surface area contributed by atoms with E-state index < -0.39 is 0 Å². The molecule has 0 bridgehead atoms. The lowest BCUT2D eigenvalue weighted by molar-refractivity contribution is 0.314. The first-order valence-corrected chi connectivity index (χ1v) is 6.42. The van der Waals surface area contributed by atoms with Crippen LogP contribution in [0.25, 0.3) is 0 Å². The topological polar surface area (TPSA) is 44.6 Å². The molecule has 0 radical (unpaired) electrons. The summed E-state index contributed by atoms with van der Waals surface area (Å²) >= 11 is 0. The van der Waals surface area contributed by atoms with Gasteiger partial charge in [0.1, 0.15) is 0 Å². The second-order valence-corrected chi connectivity index (χ2v) is 4.61. The van der Waals surface area contributed by atoms with Crippen LogP contribution in [0, 0.1) is 0 Å². The third kappa shape index (κ3) is 3.48. The number of rotatable bonds is 2. The Morgan fingerprint density at radius 1 is 1.06 bits per heavy atom. The van der Waals surface area contributed by atoms with Gasteiger partial charge in [-0.15, -0.1) is 0 Å². The number of nitrogens with one attached hydrogen (secondary N) is 1. The molecule has 92 valence electrons. The molecule has 0 aromatic heterocycles. The van der Waals surface area contributed by atoms with Crippen LogP contribution in [0.1, 0.15) is 38.5 Å². The predicted octanol–water partition coefficient (Wildman–Crippen LogP) is 3.65. The second-order valence-electron chi connectivity index (χ2n) is 4.61. The molecule has 1 aliphatic rings. The summed E-state index contributed by atoms with van der Waals surface area (Å²) in [5, 5.41) is 16.0. The van der Waals surface area contributed by atoms with Crippen molar-refractivity contribution in [1.29, 1.82) is 0 Å². The number of oxime groups is 1. The minimum Gasteiger partial charge on any atom is -0.411 e. The van der Waals surface area contributed by atoms with E-state index in [1.807, 2.05) is 30.3 Å². The van der Waals surface area contributed by atoms with Gasteiger partial charge in [0.05, 0.1) is 11.8 Å². The van der Waals surface area contributed by atoms with Crippen LogP contribution in [0.3, 0.4) is 0 Å². The minimum atomic E-state index is 0.183. The molecule has 1 aliphatic carbocycles. The average Bonchev–Trinajstić information content (AvgIpc) is 2.34. The van der Waals surface area contributed by atoms with E-state index in [0.29, 0.717) is 0 Å². The van der Waals surface area contributed by atoms with Gasteiger partial charge in [0.25, 0.3) is 0 Å². The van der Waals surface area contributed by atoms with Crippen molar-refractivity contribution in [2.75, 3.05) is 5.32 Å². The van der Waals surface area contributed by atoms with E-state index in [4.69, 9.17) is 5.21 Å². The molecular formula is C14H20N2O. The van der Waals surface area contributed by atoms with Crippen LogP contribution in [0.15, 0.2) is 35.5 Å². The van der Waals surface area contributed by atoms with Crippen LogP contribution < -0.4 is 5.32 Å². The smallest absolute Gasteiger partial charge is 0.0792 e. The van der Waals surface area contributed by atoms with Gasteiger partial charge in [0.15, 0.2) is 0 Å². The van der Waals surface area contributed by atoms with Gasteiger partial charge in [0, 0.05) is 5.69 Å². The highest BCUT2D eigenvalue weighted by molar-refractivity contribution is 5.91. The molecular weight excluding hydrogens is 212 g/mol. The van der Waals surface area contributed by atoms with Crippen LogP contribution in [-0.2, 0) is 0 Å². The zero-order valence-electron chi connectivity index (χ0n) is 10.1. The largest absolute Gasteiger partial charge is 0.411 e. The summed E-state index contributed by atoms with van der Waals surface area (Å²) in [5.41, 5.74) is 1.99. The van der Waals surface area contributed by atoms with Gasteiger partial charge in [-0.2, -0.15) is 0 Å². The lowest BCUT2D eigenvalue weighted by Gasteiger charge is -2.23. The molecule has 2 rings (SSSR count). The molecule has 0 aliphatic heterocycles. The summed E-state index contributed by atoms with van der Waals surface area (Å²) in [4.78, 5) is 0. The number of hydrogen-bond acceptors (Lipinski definition) is 3. The second kappa shape index (κ2) is 6.28. The van der Waals surface area contributed by atoms with E-state index in [1.165, 1.54) is 19.3 Å². The summed E-state index contributed by atoms with van der Waals surface area (Å²) in [6, 6.07) is 10.3. The first-order chi connectivity index (χ1) is 8.40. The lowest BCUT2D eigenvalue weighted by Crippen LogP contribution is -2.30. The standard InChI is InChI=1S/C14H20N2O/c17-16-14-11-7-2-1-6-10-13(14)15-12-8-4-3-5-9-12/h3-5,8-9,13,15,17H,1-2,6-7,10-11H2/b16-14-/t13-/m1/s1. The molecule has 1 saturated carbocycles. The van der Waals surface area contributed by atoms with Crippen molar-refractivity contribution in [3.05, 3.63) is 30.3 Å². The van der Waals surface area contributed by atoms with Crippen molar-refractivity contribution in [1.82, 2.24) is 0 Å². The fourth-order valence-corrected chi connectivity index (χ4v) is 2.36. The van der Waals surface area contributed by atoms with Crippen molar-refractivity contribution in [2.24, 2.45) is 5.16 Å². The quantitative estimate of drug-likeness (QED) is 0.604. The van der Waals surface area contributed by atoms with Gasteiger partial charge >= 0.3 is 0 Å². The summed E-state index contributed by atoms with van der Waals surface area (Å²) in [6.45, 7) is 0. The van der Waals surface area contributed by atoms with Crippen molar-refractivity contribution >= 4 is 11.4 Å². The maximum absolute atomic E-state index is 9.10. The molecule has 1 fully saturated rings. The molecule has 0 saturated heterocycles. The van der Waals surface area contributed by atoms with Crippen molar-refractivity contribution in [3.8, 4) is 0 Å². The van der Waals surface area contributed by atoms with Gasteiger partial charge in [0.2, 0.25) is 0 Å². The molecule has 17 heavy (non-hydrogen) atoms. The molecule has 2 N–H and O–H groups in total. The average molecular weight is 232 g/mol. The first kappa shape index (κ1) is 12.0. The zero-order chi connectivity index (χ0) is 11.9. The fourth-order valence-electron chi connectivity index (χ4n) is 2.36. The normalized spacial score (nSPS) is 24.0. The van der Waals surface area contributed by atoms with Gasteiger partial charge < -0.3 is 10.5 Å². The molecule has 3 nitrogen and oxygen atoms in total. The number of nitrogens with zero attached hydrogens (tertiary/aromatic N) is 1. The van der Waals surface area contributed by atoms with E-state index in [-0.39, 0.29) is 6.04 Å². The number of para-hydroxylation sites is 1. The van der Waals surface area contributed by atoms with Gasteiger partial charge in [-0.25, -0.2) is 0 Å². The molecule has 0 spiro atoms. The highest BCUT2D eigenvalue weighted by Gasteiger charge is 2.18. The Balaban J connectivity index is 2.05. The van der Waals surface area contributed by atoms with Crippen LogP contribution >= 0.6 is 0 Å². The minimum absolute atomic E-state index is 0.183. The first-order valence-electron chi connectivity index (χ1n) is 6.42. The van der Waals surface area contributed by atoms with Crippen LogP contribution in [0.2, 0.25) is 0 Å². The Morgan fingerprint density at radius 3 is 2.59 bits per heavy atom. The molecule has 1 aromatic carbocycles. The Labute approximate surface area is 103 Å². The molecule has 0 amide bonds. The van der Waals surface area contributed by atoms with Crippen molar-refractivity contribution in [2.45, 2.75) is 44.6 Å². The maximum Gasteiger partial charge on any atom is 0.0792 e. The van der Waals surface area contributed by atoms with Crippen LogP contribution in [0.5, 0.6) is 0 Å². The fraction of sp³-hybridized carbons (Fsp3) is 0.500. The summed E-state index contributed by atoms with van der Waals surface area (Å²) < 4.78 is 0. The maximum atomic E-state index is 9.10. The third-order valence-corrected chi connectivity index (χ3v) is 3.32. The molecule has 0 heterocycles. The molecule has 3 heteroatoms. The van der Waals surface area contributed by atoms with Gasteiger partial charge in [-0.1, -0.05) is 42.6 Å². The Morgan fingerprint density at radius 2 is 1.82 bits per heavy atom. The Kier molecular flexibility index (Phi) is 4.42. The zero-order valence-corrected chi connectivity index (χ0v) is 10.1. The van der Waals surface area contributed by atoms with E-state index >= 15 is 0 Å². The van der Waals surface area contributed by atoms with E-state index in [9.17, 15) is 0 Å². The van der Waals surface area contributed by atoms with Gasteiger partial charge in [-0.3, -0.25) is 0 Å².